The van der Waals surface area contributed by atoms with Crippen LogP contribution in [0.5, 0.6) is 5.75 Å². The smallest absolute Gasteiger partial charge is 0.244 e. The van der Waals surface area contributed by atoms with Crippen molar-refractivity contribution in [2.45, 2.75) is 6.04 Å². The first-order chi connectivity index (χ1) is 12.0. The van der Waals surface area contributed by atoms with Crippen molar-refractivity contribution in [3.8, 4) is 5.75 Å². The zero-order valence-electron chi connectivity index (χ0n) is 14.7. The Morgan fingerprint density at radius 3 is 2.52 bits per heavy atom. The number of para-hydroxylation sites is 1. The van der Waals surface area contributed by atoms with Crippen LogP contribution < -0.4 is 10.1 Å². The first kappa shape index (κ1) is 18.7. The fourth-order valence-corrected chi connectivity index (χ4v) is 2.51. The van der Waals surface area contributed by atoms with Gasteiger partial charge >= 0.3 is 0 Å². The maximum absolute atomic E-state index is 12.9. The van der Waals surface area contributed by atoms with Gasteiger partial charge in [-0.2, -0.15) is 0 Å². The highest BCUT2D eigenvalue weighted by molar-refractivity contribution is 5.91. The van der Waals surface area contributed by atoms with Crippen LogP contribution in [-0.4, -0.2) is 38.6 Å². The van der Waals surface area contributed by atoms with Crippen molar-refractivity contribution >= 4 is 12.0 Å². The first-order valence-electron chi connectivity index (χ1n) is 8.02. The maximum atomic E-state index is 12.9. The molecule has 1 N–H and O–H groups in total. The van der Waals surface area contributed by atoms with Crippen molar-refractivity contribution < 1.29 is 13.9 Å². The Kier molecular flexibility index (Phi) is 6.71. The fraction of sp³-hybridized carbons (Fsp3) is 0.250. The number of methoxy groups -OCH3 is 1. The Bertz CT molecular complexity index is 727. The number of amides is 1. The van der Waals surface area contributed by atoms with E-state index in [4.69, 9.17) is 4.74 Å². The molecule has 0 aromatic heterocycles. The lowest BCUT2D eigenvalue weighted by Crippen LogP contribution is -2.33. The standard InChI is InChI=1S/C20H23FN2O2/c1-23(2)18(17-6-4-5-7-19(17)25-3)14-22-20(24)13-10-15-8-11-16(21)12-9-15/h4-13,18H,14H2,1-3H3,(H,22,24)/b13-10+/t18-/m1/s1. The van der Waals surface area contributed by atoms with Gasteiger partial charge in [-0.05, 0) is 43.9 Å². The van der Waals surface area contributed by atoms with E-state index in [0.29, 0.717) is 6.54 Å². The molecule has 0 bridgehead atoms. The number of nitrogens with zero attached hydrogens (tertiary/aromatic N) is 1. The predicted molar refractivity (Wildman–Crippen MR) is 97.9 cm³/mol. The second kappa shape index (κ2) is 8.99. The van der Waals surface area contributed by atoms with E-state index in [2.05, 4.69) is 5.32 Å². The quantitative estimate of drug-likeness (QED) is 0.785. The van der Waals surface area contributed by atoms with Gasteiger partial charge in [0.2, 0.25) is 5.91 Å². The monoisotopic (exact) mass is 342 g/mol. The molecule has 0 saturated carbocycles. The van der Waals surface area contributed by atoms with Gasteiger partial charge in [0.15, 0.2) is 0 Å². The highest BCUT2D eigenvalue weighted by Crippen LogP contribution is 2.27. The summed E-state index contributed by atoms with van der Waals surface area (Å²) in [6, 6.07) is 13.7. The number of hydrogen-bond acceptors (Lipinski definition) is 3. The van der Waals surface area contributed by atoms with E-state index in [9.17, 15) is 9.18 Å². The van der Waals surface area contributed by atoms with E-state index in [1.54, 1.807) is 25.3 Å². The average Bonchev–Trinajstić information content (AvgIpc) is 2.61. The number of likely N-dealkylation sites (N-methyl/N-ethyl adjacent to an activating group) is 1. The molecule has 0 aliphatic rings. The molecule has 5 heteroatoms. The number of rotatable bonds is 7. The van der Waals surface area contributed by atoms with E-state index in [0.717, 1.165) is 16.9 Å². The van der Waals surface area contributed by atoms with Crippen LogP contribution in [0.1, 0.15) is 17.2 Å². The predicted octanol–water partition coefficient (Wildman–Crippen LogP) is 3.27. The molecular weight excluding hydrogens is 319 g/mol. The molecule has 0 saturated heterocycles. The van der Waals surface area contributed by atoms with Crippen molar-refractivity contribution in [2.24, 2.45) is 0 Å². The summed E-state index contributed by atoms with van der Waals surface area (Å²) in [6.45, 7) is 0.444. The summed E-state index contributed by atoms with van der Waals surface area (Å²) in [7, 11) is 5.55. The molecule has 0 fully saturated rings. The molecule has 1 amide bonds. The van der Waals surface area contributed by atoms with Crippen LogP contribution in [0.15, 0.2) is 54.6 Å². The van der Waals surface area contributed by atoms with Crippen molar-refractivity contribution in [1.29, 1.82) is 0 Å². The lowest BCUT2D eigenvalue weighted by molar-refractivity contribution is -0.116. The molecule has 2 rings (SSSR count). The second-order valence-corrected chi connectivity index (χ2v) is 5.85. The second-order valence-electron chi connectivity index (χ2n) is 5.85. The summed E-state index contributed by atoms with van der Waals surface area (Å²) >= 11 is 0. The molecule has 2 aromatic rings. The summed E-state index contributed by atoms with van der Waals surface area (Å²) in [5.41, 5.74) is 1.78. The molecule has 0 unspecified atom stereocenters. The van der Waals surface area contributed by atoms with Crippen LogP contribution >= 0.6 is 0 Å². The van der Waals surface area contributed by atoms with Crippen molar-refractivity contribution in [1.82, 2.24) is 10.2 Å². The molecular formula is C20H23FN2O2. The van der Waals surface area contributed by atoms with Gasteiger partial charge in [-0.1, -0.05) is 30.3 Å². The first-order valence-corrected chi connectivity index (χ1v) is 8.02. The fourth-order valence-electron chi connectivity index (χ4n) is 2.51. The normalized spacial score (nSPS) is 12.4. The number of hydrogen-bond donors (Lipinski definition) is 1. The summed E-state index contributed by atoms with van der Waals surface area (Å²) in [6.07, 6.45) is 3.10. The minimum absolute atomic E-state index is 0.0145. The van der Waals surface area contributed by atoms with Gasteiger partial charge in [0.05, 0.1) is 13.2 Å². The minimum atomic E-state index is -0.299. The van der Waals surface area contributed by atoms with Crippen LogP contribution in [0.3, 0.4) is 0 Å². The number of carbonyl (C=O) groups is 1. The molecule has 0 spiro atoms. The Morgan fingerprint density at radius 2 is 1.88 bits per heavy atom. The highest BCUT2D eigenvalue weighted by atomic mass is 19.1. The number of benzene rings is 2. The Balaban J connectivity index is 2.01. The van der Waals surface area contributed by atoms with Crippen LogP contribution in [0.2, 0.25) is 0 Å². The van der Waals surface area contributed by atoms with E-state index in [1.807, 2.05) is 43.3 Å². The van der Waals surface area contributed by atoms with Gasteiger partial charge in [0, 0.05) is 18.2 Å². The van der Waals surface area contributed by atoms with Crippen LogP contribution in [-0.2, 0) is 4.79 Å². The molecule has 2 aromatic carbocycles. The van der Waals surface area contributed by atoms with Gasteiger partial charge in [-0.15, -0.1) is 0 Å². The van der Waals surface area contributed by atoms with Crippen molar-refractivity contribution in [3.05, 3.63) is 71.6 Å². The zero-order chi connectivity index (χ0) is 18.2. The Hall–Kier alpha value is -2.66. The molecule has 0 heterocycles. The topological polar surface area (TPSA) is 41.6 Å². The van der Waals surface area contributed by atoms with Crippen molar-refractivity contribution in [3.63, 3.8) is 0 Å². The molecule has 4 nitrogen and oxygen atoms in total. The minimum Gasteiger partial charge on any atom is -0.496 e. The summed E-state index contributed by atoms with van der Waals surface area (Å²) in [5, 5.41) is 2.90. The average molecular weight is 342 g/mol. The molecule has 0 radical (unpaired) electrons. The summed E-state index contributed by atoms with van der Waals surface area (Å²) in [5.74, 6) is 0.288. The van der Waals surface area contributed by atoms with Crippen LogP contribution in [0.4, 0.5) is 4.39 Å². The molecule has 1 atom stereocenters. The number of nitrogens with one attached hydrogen (secondary N) is 1. The van der Waals surface area contributed by atoms with Crippen LogP contribution in [0.25, 0.3) is 6.08 Å². The van der Waals surface area contributed by atoms with Crippen molar-refractivity contribution in [2.75, 3.05) is 27.7 Å². The van der Waals surface area contributed by atoms with E-state index in [-0.39, 0.29) is 17.8 Å². The van der Waals surface area contributed by atoms with Gasteiger partial charge in [-0.3, -0.25) is 4.79 Å². The number of carbonyl (C=O) groups excluding carboxylic acids is 1. The van der Waals surface area contributed by atoms with E-state index in [1.165, 1.54) is 18.2 Å². The zero-order valence-corrected chi connectivity index (χ0v) is 14.7. The van der Waals surface area contributed by atoms with Gasteiger partial charge < -0.3 is 15.0 Å². The third-order valence-corrected chi connectivity index (χ3v) is 3.89. The Morgan fingerprint density at radius 1 is 1.20 bits per heavy atom. The molecule has 25 heavy (non-hydrogen) atoms. The third kappa shape index (κ3) is 5.43. The summed E-state index contributed by atoms with van der Waals surface area (Å²) in [4.78, 5) is 14.1. The maximum Gasteiger partial charge on any atom is 0.244 e. The summed E-state index contributed by atoms with van der Waals surface area (Å²) < 4.78 is 18.3. The molecule has 0 aliphatic heterocycles. The van der Waals surface area contributed by atoms with Gasteiger partial charge in [0.25, 0.3) is 0 Å². The van der Waals surface area contributed by atoms with E-state index < -0.39 is 0 Å². The number of ether oxygens (including phenoxy) is 1. The van der Waals surface area contributed by atoms with E-state index >= 15 is 0 Å². The largest absolute Gasteiger partial charge is 0.496 e. The molecule has 132 valence electrons. The lowest BCUT2D eigenvalue weighted by Gasteiger charge is -2.26. The lowest BCUT2D eigenvalue weighted by atomic mass is 10.0. The SMILES string of the molecule is COc1ccccc1[C@@H](CNC(=O)/C=C/c1ccc(F)cc1)N(C)C. The number of halogens is 1. The third-order valence-electron chi connectivity index (χ3n) is 3.89. The Labute approximate surface area is 147 Å². The highest BCUT2D eigenvalue weighted by Gasteiger charge is 2.18. The molecule has 0 aliphatic carbocycles. The van der Waals surface area contributed by atoms with Gasteiger partial charge in [-0.25, -0.2) is 4.39 Å². The van der Waals surface area contributed by atoms with Gasteiger partial charge in [0.1, 0.15) is 11.6 Å². The van der Waals surface area contributed by atoms with Crippen LogP contribution in [0, 0.1) is 5.82 Å².